The number of benzene rings is 1. The lowest BCUT2D eigenvalue weighted by Gasteiger charge is -2.06. The highest BCUT2D eigenvalue weighted by Gasteiger charge is 2.15. The van der Waals surface area contributed by atoms with Crippen LogP contribution in [0, 0.1) is 5.92 Å². The molecular formula is C17H20N2O5S. The van der Waals surface area contributed by atoms with Crippen LogP contribution in [0.4, 0.5) is 0 Å². The first-order valence-corrected chi connectivity index (χ1v) is 8.65. The summed E-state index contributed by atoms with van der Waals surface area (Å²) in [5.41, 5.74) is 1.09. The third kappa shape index (κ3) is 4.33. The molecule has 0 spiro atoms. The molecule has 134 valence electrons. The average molecular weight is 364 g/mol. The van der Waals surface area contributed by atoms with Crippen LogP contribution in [0.5, 0.6) is 0 Å². The summed E-state index contributed by atoms with van der Waals surface area (Å²) in [7, 11) is 1.31. The fourth-order valence-corrected chi connectivity index (χ4v) is 3.19. The van der Waals surface area contributed by atoms with Gasteiger partial charge in [0.05, 0.1) is 29.5 Å². The molecule has 0 fully saturated rings. The molecule has 25 heavy (non-hydrogen) atoms. The van der Waals surface area contributed by atoms with E-state index in [4.69, 9.17) is 9.47 Å². The number of methoxy groups -OCH3 is 1. The molecule has 0 N–H and O–H groups in total. The van der Waals surface area contributed by atoms with Gasteiger partial charge in [-0.2, -0.15) is 4.99 Å². The van der Waals surface area contributed by atoms with Crippen molar-refractivity contribution in [3.05, 3.63) is 28.6 Å². The SMILES string of the molecule is CCOC(=O)Cn1c(=NC(=O)C(C)C)sc2cc(C(=O)OC)ccc21. The molecule has 0 aliphatic carbocycles. The Morgan fingerprint density at radius 2 is 2.00 bits per heavy atom. The molecule has 0 saturated heterocycles. The van der Waals surface area contributed by atoms with E-state index < -0.39 is 11.9 Å². The lowest BCUT2D eigenvalue weighted by Crippen LogP contribution is -2.23. The van der Waals surface area contributed by atoms with Crippen LogP contribution < -0.4 is 4.80 Å². The van der Waals surface area contributed by atoms with Gasteiger partial charge in [-0.1, -0.05) is 25.2 Å². The molecule has 0 aliphatic heterocycles. The number of fused-ring (bicyclic) bond motifs is 1. The molecule has 0 bridgehead atoms. The molecule has 0 unspecified atom stereocenters. The molecule has 1 aromatic carbocycles. The number of amides is 1. The highest BCUT2D eigenvalue weighted by molar-refractivity contribution is 7.16. The van der Waals surface area contributed by atoms with Crippen molar-refractivity contribution >= 4 is 39.4 Å². The fourth-order valence-electron chi connectivity index (χ4n) is 2.12. The van der Waals surface area contributed by atoms with Gasteiger partial charge in [-0.25, -0.2) is 4.79 Å². The molecule has 1 aromatic heterocycles. The zero-order valence-electron chi connectivity index (χ0n) is 14.6. The van der Waals surface area contributed by atoms with E-state index in [2.05, 4.69) is 4.99 Å². The lowest BCUT2D eigenvalue weighted by atomic mass is 10.2. The number of nitrogens with zero attached hydrogens (tertiary/aromatic N) is 2. The van der Waals surface area contributed by atoms with E-state index in [0.29, 0.717) is 15.9 Å². The van der Waals surface area contributed by atoms with Crippen LogP contribution in [0.25, 0.3) is 10.2 Å². The molecular weight excluding hydrogens is 344 g/mol. The maximum atomic E-state index is 12.0. The number of ether oxygens (including phenoxy) is 2. The van der Waals surface area contributed by atoms with Gasteiger partial charge < -0.3 is 14.0 Å². The molecule has 2 rings (SSSR count). The van der Waals surface area contributed by atoms with Crippen molar-refractivity contribution in [1.29, 1.82) is 0 Å². The molecule has 1 amide bonds. The number of thiazole rings is 1. The first kappa shape index (κ1) is 18.9. The smallest absolute Gasteiger partial charge is 0.337 e. The van der Waals surface area contributed by atoms with Gasteiger partial charge in [0.2, 0.25) is 0 Å². The zero-order chi connectivity index (χ0) is 18.6. The molecule has 0 aliphatic rings. The standard InChI is InChI=1S/C17H20N2O5S/c1-5-24-14(20)9-19-12-7-6-11(16(22)23-4)8-13(12)25-17(19)18-15(21)10(2)3/h6-8,10H,5,9H2,1-4H3. The molecule has 8 heteroatoms. The summed E-state index contributed by atoms with van der Waals surface area (Å²) in [6, 6.07) is 4.97. The van der Waals surface area contributed by atoms with Crippen LogP contribution in [0.3, 0.4) is 0 Å². The van der Waals surface area contributed by atoms with Crippen molar-refractivity contribution < 1.29 is 23.9 Å². The minimum absolute atomic E-state index is 0.0599. The number of carbonyl (C=O) groups is 3. The summed E-state index contributed by atoms with van der Waals surface area (Å²) in [4.78, 5) is 40.1. The summed E-state index contributed by atoms with van der Waals surface area (Å²) < 4.78 is 12.1. The first-order chi connectivity index (χ1) is 11.9. The van der Waals surface area contributed by atoms with Crippen LogP contribution in [-0.4, -0.2) is 36.1 Å². The minimum Gasteiger partial charge on any atom is -0.465 e. The summed E-state index contributed by atoms with van der Waals surface area (Å²) >= 11 is 1.23. The van der Waals surface area contributed by atoms with Gasteiger partial charge in [0, 0.05) is 5.92 Å². The number of esters is 2. The van der Waals surface area contributed by atoms with Crippen molar-refractivity contribution in [2.45, 2.75) is 27.3 Å². The van der Waals surface area contributed by atoms with Gasteiger partial charge in [-0.3, -0.25) is 9.59 Å². The zero-order valence-corrected chi connectivity index (χ0v) is 15.4. The predicted molar refractivity (Wildman–Crippen MR) is 93.2 cm³/mol. The monoisotopic (exact) mass is 364 g/mol. The summed E-state index contributed by atoms with van der Waals surface area (Å²) in [5, 5.41) is 0. The Morgan fingerprint density at radius 3 is 2.60 bits per heavy atom. The van der Waals surface area contributed by atoms with E-state index in [1.807, 2.05) is 0 Å². The molecule has 0 saturated carbocycles. The first-order valence-electron chi connectivity index (χ1n) is 7.83. The number of hydrogen-bond donors (Lipinski definition) is 0. The van der Waals surface area contributed by atoms with Crippen LogP contribution in [0.2, 0.25) is 0 Å². The summed E-state index contributed by atoms with van der Waals surface area (Å²) in [6.07, 6.45) is 0. The Kier molecular flexibility index (Phi) is 6.08. The molecule has 1 heterocycles. The van der Waals surface area contributed by atoms with Gasteiger partial charge in [-0.15, -0.1) is 0 Å². The number of rotatable bonds is 5. The Bertz CT molecular complexity index is 879. The summed E-state index contributed by atoms with van der Waals surface area (Å²) in [6.45, 7) is 5.44. The third-order valence-corrected chi connectivity index (χ3v) is 4.44. The third-order valence-electron chi connectivity index (χ3n) is 3.40. The van der Waals surface area contributed by atoms with Gasteiger partial charge >= 0.3 is 11.9 Å². The second kappa shape index (κ2) is 8.06. The Hall–Kier alpha value is -2.48. The number of hydrogen-bond acceptors (Lipinski definition) is 6. The number of carbonyl (C=O) groups excluding carboxylic acids is 3. The van der Waals surface area contributed by atoms with E-state index >= 15 is 0 Å². The van der Waals surface area contributed by atoms with E-state index in [0.717, 1.165) is 4.70 Å². The van der Waals surface area contributed by atoms with Crippen molar-refractivity contribution in [3.8, 4) is 0 Å². The second-order valence-electron chi connectivity index (χ2n) is 5.55. The van der Waals surface area contributed by atoms with Gasteiger partial charge in [0.15, 0.2) is 4.80 Å². The quantitative estimate of drug-likeness (QED) is 0.759. The van der Waals surface area contributed by atoms with Crippen molar-refractivity contribution in [2.75, 3.05) is 13.7 Å². The van der Waals surface area contributed by atoms with Crippen LogP contribution in [0.15, 0.2) is 23.2 Å². The normalized spacial score (nSPS) is 11.8. The fraction of sp³-hybridized carbons (Fsp3) is 0.412. The van der Waals surface area contributed by atoms with Crippen LogP contribution in [-0.2, 0) is 25.6 Å². The number of aromatic nitrogens is 1. The topological polar surface area (TPSA) is 87.0 Å². The van der Waals surface area contributed by atoms with E-state index in [-0.39, 0.29) is 25.0 Å². The van der Waals surface area contributed by atoms with E-state index in [1.165, 1.54) is 18.4 Å². The van der Waals surface area contributed by atoms with Gasteiger partial charge in [0.25, 0.3) is 5.91 Å². The second-order valence-corrected chi connectivity index (χ2v) is 6.56. The largest absolute Gasteiger partial charge is 0.465 e. The maximum absolute atomic E-state index is 12.0. The lowest BCUT2D eigenvalue weighted by molar-refractivity contribution is -0.143. The Morgan fingerprint density at radius 1 is 1.28 bits per heavy atom. The highest BCUT2D eigenvalue weighted by atomic mass is 32.1. The molecule has 7 nitrogen and oxygen atoms in total. The Balaban J connectivity index is 2.61. The Labute approximate surface area is 148 Å². The van der Waals surface area contributed by atoms with Crippen molar-refractivity contribution in [2.24, 2.45) is 10.9 Å². The average Bonchev–Trinajstić information content (AvgIpc) is 2.90. The van der Waals surface area contributed by atoms with Crippen molar-refractivity contribution in [1.82, 2.24) is 4.57 Å². The van der Waals surface area contributed by atoms with Crippen LogP contribution >= 0.6 is 11.3 Å². The summed E-state index contributed by atoms with van der Waals surface area (Å²) in [5.74, 6) is -1.41. The minimum atomic E-state index is -0.455. The molecule has 2 aromatic rings. The van der Waals surface area contributed by atoms with Gasteiger partial charge in [-0.05, 0) is 25.1 Å². The molecule has 0 atom stereocenters. The maximum Gasteiger partial charge on any atom is 0.337 e. The predicted octanol–water partition coefficient (Wildman–Crippen LogP) is 2.14. The van der Waals surface area contributed by atoms with Gasteiger partial charge in [0.1, 0.15) is 6.54 Å². The van der Waals surface area contributed by atoms with Crippen LogP contribution in [0.1, 0.15) is 31.1 Å². The van der Waals surface area contributed by atoms with E-state index in [1.54, 1.807) is 43.5 Å². The molecule has 0 radical (unpaired) electrons. The van der Waals surface area contributed by atoms with Crippen molar-refractivity contribution in [3.63, 3.8) is 0 Å². The highest BCUT2D eigenvalue weighted by Crippen LogP contribution is 2.20. The van der Waals surface area contributed by atoms with E-state index in [9.17, 15) is 14.4 Å².